The molecule has 19 heteroatoms. The number of ether oxygens (including phenoxy) is 4. The van der Waals surface area contributed by atoms with Crippen molar-refractivity contribution in [1.29, 1.82) is 0 Å². The lowest BCUT2D eigenvalue weighted by Gasteiger charge is -2.21. The SMILES string of the molecule is CCCCCC/C=C\C=C/CCCCCCCC(=O)OC[C@H](COP(=O)(O)OC[C@@H](O)COP(=O)(O)OC[C@@H](COC(=O)CCCCCCCCCCC(C)C)OC(=O)CCCCCCCCCCCCC(C)CC)OC(=O)CCCCCCCCCCCCCCCCCCC(C)C. The van der Waals surface area contributed by atoms with Crippen molar-refractivity contribution in [2.24, 2.45) is 17.8 Å². The fourth-order valence-corrected chi connectivity index (χ4v) is 13.3. The molecule has 0 aromatic rings. The summed E-state index contributed by atoms with van der Waals surface area (Å²) >= 11 is 0. The van der Waals surface area contributed by atoms with E-state index in [1.807, 2.05) is 0 Å². The topological polar surface area (TPSA) is 237 Å². The van der Waals surface area contributed by atoms with Crippen LogP contribution in [-0.4, -0.2) is 96.7 Å². The highest BCUT2D eigenvalue weighted by molar-refractivity contribution is 7.47. The van der Waals surface area contributed by atoms with Gasteiger partial charge in [0.05, 0.1) is 26.4 Å². The van der Waals surface area contributed by atoms with Crippen LogP contribution in [0, 0.1) is 17.8 Å². The Morgan fingerprint density at radius 1 is 0.333 bits per heavy atom. The number of unbranched alkanes of at least 4 members (excludes halogenated alkanes) is 40. The van der Waals surface area contributed by atoms with Gasteiger partial charge >= 0.3 is 39.5 Å². The standard InChI is InChI=1S/C80H152O17P2/c1-8-10-11-12-13-14-15-16-19-23-26-32-40-47-54-61-77(82)90-67-75(96-79(84)63-56-49-42-33-27-24-21-18-17-20-22-25-30-37-44-51-58-71(3)4)69-94-98(86,87)92-65-74(81)66-93-99(88,89)95-70-76(68-91-78(83)62-55-48-41-36-35-38-45-52-59-72(5)6)97-80(85)64-57-50-43-34-29-28-31-39-46-53-60-73(7)9-2/h14-16,19,71-76,81H,8-13,17-18,20-70H2,1-7H3,(H,86,87)(H,88,89)/b15-14-,19-16-/t73?,74-,75-,76-/m1/s1. The van der Waals surface area contributed by atoms with Gasteiger partial charge in [0.1, 0.15) is 19.3 Å². The van der Waals surface area contributed by atoms with Crippen LogP contribution in [0.3, 0.4) is 0 Å². The van der Waals surface area contributed by atoms with E-state index in [0.717, 1.165) is 127 Å². The summed E-state index contributed by atoms with van der Waals surface area (Å²) in [4.78, 5) is 73.0. The van der Waals surface area contributed by atoms with Gasteiger partial charge < -0.3 is 33.8 Å². The lowest BCUT2D eigenvalue weighted by atomic mass is 9.99. The summed E-state index contributed by atoms with van der Waals surface area (Å²) in [5.41, 5.74) is 0. The Bertz CT molecular complexity index is 2020. The number of carbonyl (C=O) groups excluding carboxylic acids is 4. The van der Waals surface area contributed by atoms with Crippen molar-refractivity contribution in [1.82, 2.24) is 0 Å². The Hall–Kier alpha value is -2.46. The van der Waals surface area contributed by atoms with Crippen molar-refractivity contribution >= 4 is 39.5 Å². The molecule has 584 valence electrons. The van der Waals surface area contributed by atoms with E-state index in [1.54, 1.807) is 0 Å². The van der Waals surface area contributed by atoms with Gasteiger partial charge in [0.2, 0.25) is 0 Å². The molecule has 0 aromatic heterocycles. The molecule has 0 aliphatic carbocycles. The zero-order chi connectivity index (χ0) is 73.0. The number of aliphatic hydroxyl groups excluding tert-OH is 1. The first-order valence-corrected chi connectivity index (χ1v) is 43.7. The van der Waals surface area contributed by atoms with Crippen LogP contribution in [0.1, 0.15) is 389 Å². The number of hydrogen-bond acceptors (Lipinski definition) is 15. The Kier molecular flexibility index (Phi) is 68.1. The van der Waals surface area contributed by atoms with Crippen LogP contribution in [0.25, 0.3) is 0 Å². The summed E-state index contributed by atoms with van der Waals surface area (Å²) < 4.78 is 68.6. The summed E-state index contributed by atoms with van der Waals surface area (Å²) in [6, 6.07) is 0. The van der Waals surface area contributed by atoms with Crippen LogP contribution < -0.4 is 0 Å². The van der Waals surface area contributed by atoms with Crippen molar-refractivity contribution in [2.75, 3.05) is 39.6 Å². The molecule has 0 rings (SSSR count). The molecule has 0 saturated carbocycles. The summed E-state index contributed by atoms with van der Waals surface area (Å²) in [5, 5.41) is 10.6. The molecular formula is C80H152O17P2. The van der Waals surface area contributed by atoms with Gasteiger partial charge in [-0.15, -0.1) is 0 Å². The molecule has 0 spiro atoms. The average molecular weight is 1450 g/mol. The van der Waals surface area contributed by atoms with Gasteiger partial charge in [0, 0.05) is 25.7 Å². The zero-order valence-corrected chi connectivity index (χ0v) is 66.2. The van der Waals surface area contributed by atoms with Gasteiger partial charge in [-0.25, -0.2) is 9.13 Å². The molecule has 0 saturated heterocycles. The average Bonchev–Trinajstić information content (AvgIpc) is 0.985. The van der Waals surface area contributed by atoms with E-state index in [9.17, 15) is 43.2 Å². The van der Waals surface area contributed by atoms with Gasteiger partial charge in [0.15, 0.2) is 12.2 Å². The molecule has 3 unspecified atom stereocenters. The van der Waals surface area contributed by atoms with Crippen molar-refractivity contribution in [3.8, 4) is 0 Å². The Morgan fingerprint density at radius 3 is 0.899 bits per heavy atom. The van der Waals surface area contributed by atoms with E-state index >= 15 is 0 Å². The molecule has 0 radical (unpaired) electrons. The molecule has 3 N–H and O–H groups in total. The molecular weight excluding hydrogens is 1290 g/mol. The molecule has 6 atom stereocenters. The number of allylic oxidation sites excluding steroid dienone is 4. The molecule has 0 aliphatic heterocycles. The van der Waals surface area contributed by atoms with Gasteiger partial charge in [-0.2, -0.15) is 0 Å². The first-order chi connectivity index (χ1) is 47.8. The number of esters is 4. The van der Waals surface area contributed by atoms with Crippen LogP contribution in [-0.2, 0) is 65.4 Å². The van der Waals surface area contributed by atoms with Gasteiger partial charge in [-0.1, -0.05) is 336 Å². The highest BCUT2D eigenvalue weighted by atomic mass is 31.2. The highest BCUT2D eigenvalue weighted by Crippen LogP contribution is 2.45. The predicted octanol–water partition coefficient (Wildman–Crippen LogP) is 23.3. The van der Waals surface area contributed by atoms with Crippen LogP contribution in [0.5, 0.6) is 0 Å². The van der Waals surface area contributed by atoms with Crippen molar-refractivity contribution in [2.45, 2.75) is 407 Å². The number of aliphatic hydroxyl groups is 1. The maximum atomic E-state index is 13.1. The fraction of sp³-hybridized carbons (Fsp3) is 0.900. The Labute approximate surface area is 605 Å². The Balaban J connectivity index is 5.29. The number of carbonyl (C=O) groups is 4. The number of hydrogen-bond donors (Lipinski definition) is 3. The lowest BCUT2D eigenvalue weighted by Crippen LogP contribution is -2.30. The molecule has 17 nitrogen and oxygen atoms in total. The van der Waals surface area contributed by atoms with E-state index in [1.165, 1.54) is 180 Å². The maximum absolute atomic E-state index is 13.1. The number of rotatable bonds is 76. The smallest absolute Gasteiger partial charge is 0.462 e. The third kappa shape index (κ3) is 72.3. The van der Waals surface area contributed by atoms with Crippen LogP contribution in [0.15, 0.2) is 24.3 Å². The second-order valence-electron chi connectivity index (χ2n) is 29.3. The molecule has 0 bridgehead atoms. The summed E-state index contributed by atoms with van der Waals surface area (Å²) in [7, 11) is -9.93. The summed E-state index contributed by atoms with van der Waals surface area (Å²) in [6.07, 6.45) is 60.4. The zero-order valence-electron chi connectivity index (χ0n) is 64.4. The van der Waals surface area contributed by atoms with Crippen LogP contribution in [0.4, 0.5) is 0 Å². The van der Waals surface area contributed by atoms with E-state index in [-0.39, 0.29) is 25.7 Å². The first kappa shape index (κ1) is 96.5. The maximum Gasteiger partial charge on any atom is 0.472 e. The summed E-state index contributed by atoms with van der Waals surface area (Å²) in [6.45, 7) is 11.9. The van der Waals surface area contributed by atoms with E-state index in [4.69, 9.17) is 37.0 Å². The van der Waals surface area contributed by atoms with Gasteiger partial charge in [0.25, 0.3) is 0 Å². The van der Waals surface area contributed by atoms with Crippen molar-refractivity contribution in [3.63, 3.8) is 0 Å². The molecule has 0 amide bonds. The largest absolute Gasteiger partial charge is 0.472 e. The summed E-state index contributed by atoms with van der Waals surface area (Å²) in [5.74, 6) is 0.190. The monoisotopic (exact) mass is 1450 g/mol. The number of phosphoric ester groups is 2. The van der Waals surface area contributed by atoms with E-state index in [2.05, 4.69) is 72.8 Å². The minimum atomic E-state index is -4.97. The normalized spacial score (nSPS) is 14.4. The van der Waals surface area contributed by atoms with Crippen molar-refractivity contribution < 1.29 is 80.2 Å². The minimum absolute atomic E-state index is 0.101. The van der Waals surface area contributed by atoms with Crippen LogP contribution >= 0.6 is 15.6 Å². The van der Waals surface area contributed by atoms with E-state index < -0.39 is 97.5 Å². The molecule has 0 aliphatic rings. The molecule has 99 heavy (non-hydrogen) atoms. The second kappa shape index (κ2) is 69.9. The Morgan fingerprint density at radius 2 is 0.596 bits per heavy atom. The van der Waals surface area contributed by atoms with E-state index in [0.29, 0.717) is 25.7 Å². The molecule has 0 aromatic carbocycles. The quantitative estimate of drug-likeness (QED) is 0.0169. The molecule has 0 heterocycles. The van der Waals surface area contributed by atoms with Crippen LogP contribution in [0.2, 0.25) is 0 Å². The minimum Gasteiger partial charge on any atom is -0.462 e. The number of phosphoric acid groups is 2. The third-order valence-electron chi connectivity index (χ3n) is 18.4. The van der Waals surface area contributed by atoms with Gasteiger partial charge in [-0.05, 0) is 69.1 Å². The highest BCUT2D eigenvalue weighted by Gasteiger charge is 2.30. The van der Waals surface area contributed by atoms with Gasteiger partial charge in [-0.3, -0.25) is 37.3 Å². The van der Waals surface area contributed by atoms with Crippen molar-refractivity contribution in [3.05, 3.63) is 24.3 Å². The predicted molar refractivity (Wildman–Crippen MR) is 404 cm³/mol. The fourth-order valence-electron chi connectivity index (χ4n) is 11.7. The second-order valence-corrected chi connectivity index (χ2v) is 32.2. The molecule has 0 fully saturated rings. The third-order valence-corrected chi connectivity index (χ3v) is 20.3. The first-order valence-electron chi connectivity index (χ1n) is 40.7. The lowest BCUT2D eigenvalue weighted by molar-refractivity contribution is -0.161.